The van der Waals surface area contributed by atoms with E-state index in [0.29, 0.717) is 5.92 Å². The van der Waals surface area contributed by atoms with Gasteiger partial charge in [0, 0.05) is 24.9 Å². The van der Waals surface area contributed by atoms with Gasteiger partial charge in [0.05, 0.1) is 5.69 Å². The van der Waals surface area contributed by atoms with Gasteiger partial charge in [-0.05, 0) is 19.8 Å². The van der Waals surface area contributed by atoms with Crippen molar-refractivity contribution in [2.24, 2.45) is 0 Å². The number of nitriles is 1. The van der Waals surface area contributed by atoms with Crippen LogP contribution in [0.25, 0.3) is 5.65 Å². The van der Waals surface area contributed by atoms with E-state index in [0.717, 1.165) is 23.4 Å². The number of fused-ring (bicyclic) bond motifs is 1. The Bertz CT molecular complexity index is 566. The van der Waals surface area contributed by atoms with Gasteiger partial charge in [-0.3, -0.25) is 0 Å². The van der Waals surface area contributed by atoms with Crippen molar-refractivity contribution in [2.75, 3.05) is 0 Å². The molecule has 1 aliphatic rings. The van der Waals surface area contributed by atoms with Crippen LogP contribution in [0.2, 0.25) is 0 Å². The molecule has 1 aliphatic carbocycles. The highest BCUT2D eigenvalue weighted by molar-refractivity contribution is 5.59. The van der Waals surface area contributed by atoms with E-state index in [-0.39, 0.29) is 0 Å². The van der Waals surface area contributed by atoms with Crippen molar-refractivity contribution in [1.82, 2.24) is 14.2 Å². The number of hydrogen-bond donors (Lipinski definition) is 0. The fourth-order valence-electron chi connectivity index (χ4n) is 2.37. The summed E-state index contributed by atoms with van der Waals surface area (Å²) >= 11 is 0. The van der Waals surface area contributed by atoms with E-state index in [1.807, 2.05) is 16.9 Å². The third-order valence-corrected chi connectivity index (χ3v) is 3.52. The number of aromatic nitrogens is 3. The third kappa shape index (κ3) is 1.12. The van der Waals surface area contributed by atoms with Crippen LogP contribution < -0.4 is 0 Å². The molecule has 3 rings (SSSR count). The molecule has 0 unspecified atom stereocenters. The van der Waals surface area contributed by atoms with Crippen molar-refractivity contribution < 1.29 is 0 Å². The summed E-state index contributed by atoms with van der Waals surface area (Å²) in [6, 6.07) is 2.32. The van der Waals surface area contributed by atoms with Crippen molar-refractivity contribution in [3.63, 3.8) is 0 Å². The molecule has 0 N–H and O–H groups in total. The van der Waals surface area contributed by atoms with Gasteiger partial charge in [-0.15, -0.1) is 0 Å². The summed E-state index contributed by atoms with van der Waals surface area (Å²) in [4.78, 5) is 0. The fourth-order valence-corrected chi connectivity index (χ4v) is 2.37. The van der Waals surface area contributed by atoms with Gasteiger partial charge < -0.3 is 4.57 Å². The lowest BCUT2D eigenvalue weighted by Crippen LogP contribution is -2.10. The first kappa shape index (κ1) is 9.46. The topological polar surface area (TPSA) is 46.0 Å². The maximum Gasteiger partial charge on any atom is 0.154 e. The number of aryl methyl sites for hydroxylation is 1. The molecule has 16 heavy (non-hydrogen) atoms. The zero-order valence-corrected chi connectivity index (χ0v) is 9.35. The molecule has 0 amide bonds. The average molecular weight is 214 g/mol. The molecule has 0 bridgehead atoms. The fraction of sp³-hybridized carbons (Fsp3) is 0.500. The van der Waals surface area contributed by atoms with E-state index in [4.69, 9.17) is 0 Å². The van der Waals surface area contributed by atoms with E-state index in [9.17, 15) is 5.26 Å². The summed E-state index contributed by atoms with van der Waals surface area (Å²) < 4.78 is 3.92. The zero-order valence-electron chi connectivity index (χ0n) is 9.35. The minimum atomic E-state index is 0.514. The van der Waals surface area contributed by atoms with Crippen LogP contribution in [0.1, 0.15) is 43.4 Å². The molecule has 4 nitrogen and oxygen atoms in total. The highest BCUT2D eigenvalue weighted by Gasteiger charge is 2.27. The Hall–Kier alpha value is -1.76. The quantitative estimate of drug-likeness (QED) is 0.770. The molecule has 0 aliphatic heterocycles. The van der Waals surface area contributed by atoms with Crippen LogP contribution >= 0.6 is 0 Å². The summed E-state index contributed by atoms with van der Waals surface area (Å²) in [6.45, 7) is 2.96. The molecule has 0 saturated heterocycles. The van der Waals surface area contributed by atoms with E-state index < -0.39 is 0 Å². The number of hydrogen-bond acceptors (Lipinski definition) is 2. The maximum absolute atomic E-state index is 9.30. The highest BCUT2D eigenvalue weighted by Crippen LogP contribution is 2.38. The lowest BCUT2D eigenvalue weighted by Gasteiger charge is -2.23. The van der Waals surface area contributed by atoms with Gasteiger partial charge in [0.15, 0.2) is 5.65 Å². The molecule has 0 atom stereocenters. The highest BCUT2D eigenvalue weighted by atomic mass is 15.3. The second-order valence-corrected chi connectivity index (χ2v) is 4.35. The summed E-state index contributed by atoms with van der Waals surface area (Å²) in [6.07, 6.45) is 7.54. The number of imidazole rings is 1. The normalized spacial score (nSPS) is 16.2. The smallest absolute Gasteiger partial charge is 0.154 e. The standard InChI is InChI=1S/C12H14N4/c1-2-15-6-7-16-12(15)10(8-13)11(14-16)9-4-3-5-9/h6-7,9H,2-5H2,1H3. The molecule has 4 heteroatoms. The lowest BCUT2D eigenvalue weighted by atomic mass is 9.82. The summed E-state index contributed by atoms with van der Waals surface area (Å²) in [5, 5.41) is 13.8. The Kier molecular flexibility index (Phi) is 2.00. The molecule has 0 spiro atoms. The summed E-state index contributed by atoms with van der Waals surface area (Å²) in [5.41, 5.74) is 2.73. The largest absolute Gasteiger partial charge is 0.331 e. The molecule has 2 heterocycles. The minimum absolute atomic E-state index is 0.514. The van der Waals surface area contributed by atoms with Crippen LogP contribution in [0.15, 0.2) is 12.4 Å². The molecule has 1 saturated carbocycles. The van der Waals surface area contributed by atoms with E-state index in [1.54, 1.807) is 0 Å². The van der Waals surface area contributed by atoms with E-state index >= 15 is 0 Å². The van der Waals surface area contributed by atoms with Crippen LogP contribution in [-0.2, 0) is 6.54 Å². The Labute approximate surface area is 94.1 Å². The Balaban J connectivity index is 2.22. The van der Waals surface area contributed by atoms with Gasteiger partial charge in [-0.2, -0.15) is 10.4 Å². The zero-order chi connectivity index (χ0) is 11.1. The molecule has 82 valence electrons. The van der Waals surface area contributed by atoms with Crippen molar-refractivity contribution in [3.05, 3.63) is 23.7 Å². The first-order valence-corrected chi connectivity index (χ1v) is 5.82. The average Bonchev–Trinajstić information content (AvgIpc) is 2.73. The van der Waals surface area contributed by atoms with E-state index in [1.165, 1.54) is 19.3 Å². The third-order valence-electron chi connectivity index (χ3n) is 3.52. The van der Waals surface area contributed by atoms with Crippen LogP contribution in [0.4, 0.5) is 0 Å². The molecule has 2 aromatic heterocycles. The van der Waals surface area contributed by atoms with Gasteiger partial charge in [0.1, 0.15) is 11.6 Å². The first-order valence-electron chi connectivity index (χ1n) is 5.82. The first-order chi connectivity index (χ1) is 7.85. The van der Waals surface area contributed by atoms with Gasteiger partial charge in [-0.25, -0.2) is 4.52 Å². The Morgan fingerprint density at radius 3 is 2.88 bits per heavy atom. The van der Waals surface area contributed by atoms with Crippen molar-refractivity contribution in [2.45, 2.75) is 38.6 Å². The van der Waals surface area contributed by atoms with Crippen LogP contribution in [-0.4, -0.2) is 14.2 Å². The molecule has 2 aromatic rings. The second kappa shape index (κ2) is 3.38. The van der Waals surface area contributed by atoms with Crippen LogP contribution in [0.3, 0.4) is 0 Å². The predicted octanol–water partition coefficient (Wildman–Crippen LogP) is 2.29. The van der Waals surface area contributed by atoms with Gasteiger partial charge in [0.25, 0.3) is 0 Å². The second-order valence-electron chi connectivity index (χ2n) is 4.35. The van der Waals surface area contributed by atoms with Crippen LogP contribution in [0, 0.1) is 11.3 Å². The van der Waals surface area contributed by atoms with Gasteiger partial charge in [0.2, 0.25) is 0 Å². The van der Waals surface area contributed by atoms with Gasteiger partial charge in [-0.1, -0.05) is 6.42 Å². The minimum Gasteiger partial charge on any atom is -0.331 e. The van der Waals surface area contributed by atoms with Crippen molar-refractivity contribution in [3.8, 4) is 6.07 Å². The monoisotopic (exact) mass is 214 g/mol. The summed E-state index contributed by atoms with van der Waals surface area (Å²) in [5.74, 6) is 0.514. The summed E-state index contributed by atoms with van der Waals surface area (Å²) in [7, 11) is 0. The molecular formula is C12H14N4. The predicted molar refractivity (Wildman–Crippen MR) is 60.2 cm³/mol. The van der Waals surface area contributed by atoms with Crippen molar-refractivity contribution >= 4 is 5.65 Å². The molecule has 1 fully saturated rings. The Morgan fingerprint density at radius 1 is 1.50 bits per heavy atom. The number of nitrogens with zero attached hydrogens (tertiary/aromatic N) is 4. The molecule has 0 aromatic carbocycles. The molecule has 0 radical (unpaired) electrons. The van der Waals surface area contributed by atoms with Gasteiger partial charge >= 0.3 is 0 Å². The number of rotatable bonds is 2. The van der Waals surface area contributed by atoms with Crippen LogP contribution in [0.5, 0.6) is 0 Å². The van der Waals surface area contributed by atoms with E-state index in [2.05, 4.69) is 22.7 Å². The SMILES string of the molecule is CCn1ccn2nc(C3CCC3)c(C#N)c12. The Morgan fingerprint density at radius 2 is 2.31 bits per heavy atom. The van der Waals surface area contributed by atoms with Crippen molar-refractivity contribution in [1.29, 1.82) is 5.26 Å². The maximum atomic E-state index is 9.30. The molecular weight excluding hydrogens is 200 g/mol. The lowest BCUT2D eigenvalue weighted by molar-refractivity contribution is 0.409.